The topological polar surface area (TPSA) is 36.7 Å². The standard InChI is InChI=1S/C14H6Cl3F3N2/c15-9-2-1-3-10(16)12(9)8(5-21)13-11(17)4-7(6-22-13)14(18,19)20/h1-4,6,8H/t8-/m1/s1. The fourth-order valence-electron chi connectivity index (χ4n) is 1.86. The van der Waals surface area contributed by atoms with Crippen LogP contribution in [0.4, 0.5) is 13.2 Å². The molecule has 22 heavy (non-hydrogen) atoms. The molecule has 2 aromatic rings. The van der Waals surface area contributed by atoms with E-state index in [4.69, 9.17) is 34.8 Å². The number of pyridine rings is 1. The first-order chi connectivity index (χ1) is 10.3. The molecule has 0 saturated carbocycles. The molecule has 0 aliphatic rings. The average Bonchev–Trinajstić information content (AvgIpc) is 2.42. The van der Waals surface area contributed by atoms with E-state index in [-0.39, 0.29) is 26.3 Å². The van der Waals surface area contributed by atoms with Gasteiger partial charge in [0.25, 0.3) is 0 Å². The van der Waals surface area contributed by atoms with E-state index in [9.17, 15) is 18.4 Å². The molecule has 1 aromatic heterocycles. The van der Waals surface area contributed by atoms with Crippen molar-refractivity contribution in [3.63, 3.8) is 0 Å². The zero-order valence-corrected chi connectivity index (χ0v) is 12.9. The van der Waals surface area contributed by atoms with E-state index in [1.54, 1.807) is 6.07 Å². The summed E-state index contributed by atoms with van der Waals surface area (Å²) in [4.78, 5) is 3.68. The lowest BCUT2D eigenvalue weighted by atomic mass is 9.96. The van der Waals surface area contributed by atoms with Crippen LogP contribution in [0, 0.1) is 11.3 Å². The molecule has 114 valence electrons. The minimum absolute atomic E-state index is 0.0350. The van der Waals surface area contributed by atoms with Crippen LogP contribution in [0.15, 0.2) is 30.5 Å². The van der Waals surface area contributed by atoms with Crippen LogP contribution >= 0.6 is 34.8 Å². The maximum Gasteiger partial charge on any atom is 0.417 e. The summed E-state index contributed by atoms with van der Waals surface area (Å²) in [6.45, 7) is 0. The minimum Gasteiger partial charge on any atom is -0.257 e. The van der Waals surface area contributed by atoms with Gasteiger partial charge in [0, 0.05) is 21.8 Å². The van der Waals surface area contributed by atoms with Gasteiger partial charge in [-0.3, -0.25) is 4.98 Å². The van der Waals surface area contributed by atoms with Crippen molar-refractivity contribution in [2.75, 3.05) is 0 Å². The fourth-order valence-corrected chi connectivity index (χ4v) is 2.76. The van der Waals surface area contributed by atoms with Gasteiger partial charge in [-0.25, -0.2) is 0 Å². The molecule has 8 heteroatoms. The van der Waals surface area contributed by atoms with Gasteiger partial charge < -0.3 is 0 Å². The van der Waals surface area contributed by atoms with E-state index >= 15 is 0 Å². The molecule has 2 nitrogen and oxygen atoms in total. The van der Waals surface area contributed by atoms with Crippen molar-refractivity contribution >= 4 is 34.8 Å². The molecular weight excluding hydrogens is 360 g/mol. The van der Waals surface area contributed by atoms with E-state index in [0.29, 0.717) is 6.20 Å². The summed E-state index contributed by atoms with van der Waals surface area (Å²) in [5.41, 5.74) is -0.780. The lowest BCUT2D eigenvalue weighted by Gasteiger charge is -2.15. The highest BCUT2D eigenvalue weighted by molar-refractivity contribution is 6.36. The van der Waals surface area contributed by atoms with Gasteiger partial charge in [-0.05, 0) is 18.2 Å². The molecular formula is C14H6Cl3F3N2. The van der Waals surface area contributed by atoms with E-state index in [1.807, 2.05) is 6.07 Å². The molecule has 0 aliphatic carbocycles. The number of benzene rings is 1. The van der Waals surface area contributed by atoms with Gasteiger partial charge in [-0.1, -0.05) is 40.9 Å². The first kappa shape index (κ1) is 16.9. The van der Waals surface area contributed by atoms with Crippen molar-refractivity contribution in [2.45, 2.75) is 12.1 Å². The van der Waals surface area contributed by atoms with Gasteiger partial charge in [0.1, 0.15) is 5.92 Å². The Balaban J connectivity index is 2.57. The van der Waals surface area contributed by atoms with E-state index in [0.717, 1.165) is 6.07 Å². The Kier molecular flexibility index (Phi) is 4.86. The van der Waals surface area contributed by atoms with Crippen LogP contribution < -0.4 is 0 Å². The summed E-state index contributed by atoms with van der Waals surface area (Å²) in [6.07, 6.45) is -3.95. The van der Waals surface area contributed by atoms with E-state index in [2.05, 4.69) is 4.98 Å². The Hall–Kier alpha value is -1.48. The molecule has 0 radical (unpaired) electrons. The number of aromatic nitrogens is 1. The summed E-state index contributed by atoms with van der Waals surface area (Å²) in [5.74, 6) is -1.07. The van der Waals surface area contributed by atoms with Crippen molar-refractivity contribution in [2.24, 2.45) is 0 Å². The van der Waals surface area contributed by atoms with Crippen LogP contribution in [0.5, 0.6) is 0 Å². The third-order valence-electron chi connectivity index (χ3n) is 2.89. The average molecular weight is 366 g/mol. The number of hydrogen-bond acceptors (Lipinski definition) is 2. The highest BCUT2D eigenvalue weighted by Crippen LogP contribution is 2.38. The Morgan fingerprint density at radius 1 is 1.09 bits per heavy atom. The molecule has 1 heterocycles. The second kappa shape index (κ2) is 6.33. The molecule has 0 N–H and O–H groups in total. The smallest absolute Gasteiger partial charge is 0.257 e. The van der Waals surface area contributed by atoms with Crippen LogP contribution in [0.25, 0.3) is 0 Å². The van der Waals surface area contributed by atoms with Gasteiger partial charge in [0.2, 0.25) is 0 Å². The Bertz CT molecular complexity index is 734. The van der Waals surface area contributed by atoms with Crippen molar-refractivity contribution < 1.29 is 13.2 Å². The number of nitrogens with zero attached hydrogens (tertiary/aromatic N) is 2. The number of rotatable bonds is 2. The predicted molar refractivity (Wildman–Crippen MR) is 78.2 cm³/mol. The molecule has 0 saturated heterocycles. The highest BCUT2D eigenvalue weighted by atomic mass is 35.5. The molecule has 0 bridgehead atoms. The van der Waals surface area contributed by atoms with Crippen LogP contribution in [0.1, 0.15) is 22.7 Å². The summed E-state index contributed by atoms with van der Waals surface area (Å²) < 4.78 is 37.9. The largest absolute Gasteiger partial charge is 0.417 e. The Labute approximate surface area is 139 Å². The number of nitriles is 1. The van der Waals surface area contributed by atoms with Crippen molar-refractivity contribution in [3.05, 3.63) is 62.4 Å². The highest BCUT2D eigenvalue weighted by Gasteiger charge is 2.33. The lowest BCUT2D eigenvalue weighted by molar-refractivity contribution is -0.137. The molecule has 0 spiro atoms. The van der Waals surface area contributed by atoms with Gasteiger partial charge in [0.15, 0.2) is 0 Å². The maximum absolute atomic E-state index is 12.6. The van der Waals surface area contributed by atoms with Crippen molar-refractivity contribution in [3.8, 4) is 6.07 Å². The monoisotopic (exact) mass is 364 g/mol. The number of hydrogen-bond donors (Lipinski definition) is 0. The fraction of sp³-hybridized carbons (Fsp3) is 0.143. The second-order valence-electron chi connectivity index (χ2n) is 4.29. The van der Waals surface area contributed by atoms with Crippen LogP contribution in [-0.4, -0.2) is 4.98 Å². The zero-order valence-electron chi connectivity index (χ0n) is 10.6. The normalized spacial score (nSPS) is 12.8. The summed E-state index contributed by atoms with van der Waals surface area (Å²) >= 11 is 17.9. The van der Waals surface area contributed by atoms with Crippen LogP contribution in [-0.2, 0) is 6.18 Å². The molecule has 1 atom stereocenters. The Morgan fingerprint density at radius 2 is 1.68 bits per heavy atom. The SMILES string of the molecule is N#C[C@@H](c1ncc(C(F)(F)F)cc1Cl)c1c(Cl)cccc1Cl. The van der Waals surface area contributed by atoms with Gasteiger partial charge in [0.05, 0.1) is 22.3 Å². The summed E-state index contributed by atoms with van der Waals surface area (Å²) in [7, 11) is 0. The molecule has 0 amide bonds. The van der Waals surface area contributed by atoms with Crippen LogP contribution in [0.2, 0.25) is 15.1 Å². The quantitative estimate of drug-likeness (QED) is 0.683. The second-order valence-corrected chi connectivity index (χ2v) is 5.51. The Morgan fingerprint density at radius 3 is 2.14 bits per heavy atom. The first-order valence-corrected chi connectivity index (χ1v) is 6.95. The lowest BCUT2D eigenvalue weighted by Crippen LogP contribution is -2.09. The summed E-state index contributed by atoms with van der Waals surface area (Å²) in [6, 6.07) is 7.27. The third kappa shape index (κ3) is 3.30. The summed E-state index contributed by atoms with van der Waals surface area (Å²) in [5, 5.41) is 9.48. The van der Waals surface area contributed by atoms with E-state index in [1.165, 1.54) is 12.1 Å². The van der Waals surface area contributed by atoms with E-state index < -0.39 is 17.7 Å². The molecule has 0 unspecified atom stereocenters. The maximum atomic E-state index is 12.6. The minimum atomic E-state index is -4.57. The van der Waals surface area contributed by atoms with Crippen LogP contribution in [0.3, 0.4) is 0 Å². The van der Waals surface area contributed by atoms with Crippen molar-refractivity contribution in [1.29, 1.82) is 5.26 Å². The first-order valence-electron chi connectivity index (χ1n) is 5.82. The molecule has 1 aromatic carbocycles. The van der Waals surface area contributed by atoms with Crippen molar-refractivity contribution in [1.82, 2.24) is 4.98 Å². The zero-order chi connectivity index (χ0) is 16.5. The molecule has 0 aliphatic heterocycles. The van der Waals surface area contributed by atoms with Gasteiger partial charge in [-0.15, -0.1) is 0 Å². The molecule has 2 rings (SSSR count). The number of alkyl halides is 3. The third-order valence-corrected chi connectivity index (χ3v) is 3.85. The van der Waals surface area contributed by atoms with Gasteiger partial charge in [-0.2, -0.15) is 18.4 Å². The predicted octanol–water partition coefficient (Wildman–Crippen LogP) is 5.72. The number of halogens is 6. The molecule has 0 fully saturated rings. The van der Waals surface area contributed by atoms with Gasteiger partial charge >= 0.3 is 6.18 Å².